The number of carbonyl (C=O) groups is 2. The highest BCUT2D eigenvalue weighted by Gasteiger charge is 2.14. The fourth-order valence-corrected chi connectivity index (χ4v) is 2.56. The summed E-state index contributed by atoms with van der Waals surface area (Å²) in [6.07, 6.45) is 1.35. The maximum absolute atomic E-state index is 12.9. The number of benzene rings is 3. The first-order valence-corrected chi connectivity index (χ1v) is 9.11. The van der Waals surface area contributed by atoms with E-state index in [1.54, 1.807) is 6.07 Å². The van der Waals surface area contributed by atoms with Crippen molar-refractivity contribution in [2.45, 2.75) is 0 Å². The largest absolute Gasteiger partial charge is 0.493 e. The number of hydrogen-bond acceptors (Lipinski definition) is 7. The minimum Gasteiger partial charge on any atom is -0.493 e. The number of nitro groups is 1. The lowest BCUT2D eigenvalue weighted by atomic mass is 10.2. The molecule has 3 aromatic rings. The molecule has 0 fully saturated rings. The van der Waals surface area contributed by atoms with Crippen molar-refractivity contribution >= 4 is 23.8 Å². The summed E-state index contributed by atoms with van der Waals surface area (Å²) in [6, 6.07) is 14.6. The molecule has 3 aromatic carbocycles. The number of methoxy groups -OCH3 is 1. The SMILES string of the molecule is COc1cc(C=NNC(=O)c2ccc(F)cc2)ccc1OC(=O)c1ccc([N+](=O)[O-])cc1. The van der Waals surface area contributed by atoms with Gasteiger partial charge in [0, 0.05) is 17.7 Å². The molecule has 0 unspecified atom stereocenters. The minimum absolute atomic E-state index is 0.128. The number of amides is 1. The van der Waals surface area contributed by atoms with Crippen molar-refractivity contribution in [3.8, 4) is 11.5 Å². The summed E-state index contributed by atoms with van der Waals surface area (Å²) in [5.74, 6) is -1.32. The second-order valence-electron chi connectivity index (χ2n) is 6.31. The smallest absolute Gasteiger partial charge is 0.343 e. The van der Waals surface area contributed by atoms with Crippen LogP contribution in [0.4, 0.5) is 10.1 Å². The van der Waals surface area contributed by atoms with Crippen molar-refractivity contribution in [3.63, 3.8) is 0 Å². The van der Waals surface area contributed by atoms with Crippen LogP contribution in [0.25, 0.3) is 0 Å². The summed E-state index contributed by atoms with van der Waals surface area (Å²) in [5.41, 5.74) is 3.09. The number of hydrogen-bond donors (Lipinski definition) is 1. The third kappa shape index (κ3) is 5.51. The molecule has 0 spiro atoms. The van der Waals surface area contributed by atoms with Crippen LogP contribution in [0, 0.1) is 15.9 Å². The maximum Gasteiger partial charge on any atom is 0.343 e. The van der Waals surface area contributed by atoms with Crippen molar-refractivity contribution in [3.05, 3.63) is 99.4 Å². The number of ether oxygens (including phenoxy) is 2. The summed E-state index contributed by atoms with van der Waals surface area (Å²) in [6.45, 7) is 0. The van der Waals surface area contributed by atoms with Gasteiger partial charge in [0.15, 0.2) is 11.5 Å². The molecule has 162 valence electrons. The molecule has 0 atom stereocenters. The molecule has 9 nitrogen and oxygen atoms in total. The molecule has 0 saturated carbocycles. The van der Waals surface area contributed by atoms with Crippen LogP contribution < -0.4 is 14.9 Å². The van der Waals surface area contributed by atoms with E-state index in [2.05, 4.69) is 10.5 Å². The van der Waals surface area contributed by atoms with E-state index >= 15 is 0 Å². The highest BCUT2D eigenvalue weighted by Crippen LogP contribution is 2.28. The Bertz CT molecular complexity index is 1180. The van der Waals surface area contributed by atoms with Crippen LogP contribution in [0.3, 0.4) is 0 Å². The fraction of sp³-hybridized carbons (Fsp3) is 0.0455. The molecule has 0 saturated heterocycles. The molecule has 32 heavy (non-hydrogen) atoms. The first kappa shape index (κ1) is 22.1. The summed E-state index contributed by atoms with van der Waals surface area (Å²) in [4.78, 5) is 34.4. The van der Waals surface area contributed by atoms with Crippen LogP contribution in [0.5, 0.6) is 11.5 Å². The zero-order valence-corrected chi connectivity index (χ0v) is 16.7. The van der Waals surface area contributed by atoms with Gasteiger partial charge in [-0.2, -0.15) is 5.10 Å². The average Bonchev–Trinajstić information content (AvgIpc) is 2.80. The van der Waals surface area contributed by atoms with Crippen LogP contribution in [0.1, 0.15) is 26.3 Å². The Morgan fingerprint density at radius 2 is 1.66 bits per heavy atom. The number of rotatable bonds is 7. The van der Waals surface area contributed by atoms with E-state index in [1.165, 1.54) is 74.0 Å². The van der Waals surface area contributed by atoms with Crippen LogP contribution in [0.2, 0.25) is 0 Å². The number of nitrogens with one attached hydrogen (secondary N) is 1. The molecule has 3 rings (SSSR count). The van der Waals surface area contributed by atoms with Gasteiger partial charge < -0.3 is 9.47 Å². The number of non-ortho nitro benzene ring substituents is 1. The van der Waals surface area contributed by atoms with Crippen molar-refractivity contribution < 1.29 is 28.4 Å². The van der Waals surface area contributed by atoms with E-state index in [0.29, 0.717) is 5.56 Å². The molecule has 10 heteroatoms. The van der Waals surface area contributed by atoms with Crippen LogP contribution in [0.15, 0.2) is 71.8 Å². The monoisotopic (exact) mass is 437 g/mol. The van der Waals surface area contributed by atoms with Crippen molar-refractivity contribution in [2.24, 2.45) is 5.10 Å². The highest BCUT2D eigenvalue weighted by atomic mass is 19.1. The van der Waals surface area contributed by atoms with Crippen molar-refractivity contribution in [2.75, 3.05) is 7.11 Å². The Morgan fingerprint density at radius 1 is 1.00 bits per heavy atom. The minimum atomic E-state index is -0.717. The van der Waals surface area contributed by atoms with Gasteiger partial charge in [0.2, 0.25) is 0 Å². The summed E-state index contributed by atoms with van der Waals surface area (Å²) < 4.78 is 23.5. The maximum atomic E-state index is 12.9. The molecule has 0 aromatic heterocycles. The van der Waals surface area contributed by atoms with Gasteiger partial charge in [-0.25, -0.2) is 14.6 Å². The predicted molar refractivity (Wildman–Crippen MR) is 113 cm³/mol. The van der Waals surface area contributed by atoms with E-state index in [1.807, 2.05) is 0 Å². The molecule has 0 aliphatic heterocycles. The zero-order chi connectivity index (χ0) is 23.1. The normalized spacial score (nSPS) is 10.6. The lowest BCUT2D eigenvalue weighted by Gasteiger charge is -2.10. The van der Waals surface area contributed by atoms with Gasteiger partial charge in [0.25, 0.3) is 11.6 Å². The van der Waals surface area contributed by atoms with Crippen molar-refractivity contribution in [1.29, 1.82) is 0 Å². The number of nitro benzene ring substituents is 1. The summed E-state index contributed by atoms with van der Waals surface area (Å²) in [7, 11) is 1.38. The quantitative estimate of drug-likeness (QED) is 0.198. The van der Waals surface area contributed by atoms with Gasteiger partial charge in [-0.3, -0.25) is 14.9 Å². The van der Waals surface area contributed by atoms with Gasteiger partial charge in [-0.15, -0.1) is 0 Å². The van der Waals surface area contributed by atoms with Crippen molar-refractivity contribution in [1.82, 2.24) is 5.43 Å². The van der Waals surface area contributed by atoms with Gasteiger partial charge in [0.05, 0.1) is 23.8 Å². The lowest BCUT2D eigenvalue weighted by molar-refractivity contribution is -0.384. The Balaban J connectivity index is 1.66. The standard InChI is InChI=1S/C22H16FN3O6/c1-31-20-12-14(13-24-25-21(27)15-3-7-17(23)8-4-15)2-11-19(20)32-22(28)16-5-9-18(10-6-16)26(29)30/h2-13H,1H3,(H,25,27). The summed E-state index contributed by atoms with van der Waals surface area (Å²) >= 11 is 0. The second kappa shape index (κ2) is 9.94. The number of carbonyl (C=O) groups excluding carboxylic acids is 2. The van der Waals surface area contributed by atoms with Gasteiger partial charge in [-0.05, 0) is 60.2 Å². The van der Waals surface area contributed by atoms with Crippen LogP contribution in [-0.2, 0) is 0 Å². The van der Waals surface area contributed by atoms with Crippen LogP contribution >= 0.6 is 0 Å². The first-order chi connectivity index (χ1) is 15.4. The van der Waals surface area contributed by atoms with E-state index in [0.717, 1.165) is 0 Å². The average molecular weight is 437 g/mol. The molecule has 1 N–H and O–H groups in total. The second-order valence-corrected chi connectivity index (χ2v) is 6.31. The fourth-order valence-electron chi connectivity index (χ4n) is 2.56. The summed E-state index contributed by atoms with van der Waals surface area (Å²) in [5, 5.41) is 14.6. The third-order valence-corrected chi connectivity index (χ3v) is 4.19. The van der Waals surface area contributed by atoms with E-state index in [4.69, 9.17) is 9.47 Å². The Kier molecular flexibility index (Phi) is 6.86. The number of hydrazone groups is 1. The third-order valence-electron chi connectivity index (χ3n) is 4.19. The van der Waals surface area contributed by atoms with E-state index in [9.17, 15) is 24.1 Å². The number of esters is 1. The Labute approximate surface area is 181 Å². The molecule has 0 aliphatic rings. The molecule has 0 radical (unpaired) electrons. The number of halogens is 1. The van der Waals surface area contributed by atoms with E-state index < -0.39 is 22.6 Å². The van der Waals surface area contributed by atoms with Gasteiger partial charge >= 0.3 is 5.97 Å². The topological polar surface area (TPSA) is 120 Å². The first-order valence-electron chi connectivity index (χ1n) is 9.11. The van der Waals surface area contributed by atoms with E-state index in [-0.39, 0.29) is 28.3 Å². The molecule has 1 amide bonds. The molecule has 0 aliphatic carbocycles. The zero-order valence-electron chi connectivity index (χ0n) is 16.7. The molecular weight excluding hydrogens is 421 g/mol. The molecule has 0 heterocycles. The van der Waals surface area contributed by atoms with Crippen LogP contribution in [-0.4, -0.2) is 30.1 Å². The van der Waals surface area contributed by atoms with Gasteiger partial charge in [-0.1, -0.05) is 0 Å². The highest BCUT2D eigenvalue weighted by molar-refractivity contribution is 5.95. The lowest BCUT2D eigenvalue weighted by Crippen LogP contribution is -2.17. The predicted octanol–water partition coefficient (Wildman–Crippen LogP) is 3.73. The Morgan fingerprint density at radius 3 is 2.28 bits per heavy atom. The molecule has 0 bridgehead atoms. The Hall–Kier alpha value is -4.60. The van der Waals surface area contributed by atoms with Gasteiger partial charge in [0.1, 0.15) is 5.82 Å². The number of nitrogens with zero attached hydrogens (tertiary/aromatic N) is 2. The molecular formula is C22H16FN3O6.